The molecule has 2 heterocycles. The molecule has 66 valence electrons. The fourth-order valence-electron chi connectivity index (χ4n) is 0.965. The normalized spacial score (nSPS) is 10.3. The van der Waals surface area contributed by atoms with Gasteiger partial charge in [-0.2, -0.15) is 5.10 Å². The fourth-order valence-corrected chi connectivity index (χ4v) is 0.965. The molecule has 2 rings (SSSR count). The molecular formula is C8H7FN4. The number of hydrogen-bond acceptors (Lipinski definition) is 3. The zero-order valence-electron chi connectivity index (χ0n) is 6.95. The second-order valence-electron chi connectivity index (χ2n) is 2.61. The van der Waals surface area contributed by atoms with Crippen molar-refractivity contribution in [1.82, 2.24) is 20.2 Å². The first-order valence-electron chi connectivity index (χ1n) is 3.76. The van der Waals surface area contributed by atoms with Crippen LogP contribution >= 0.6 is 0 Å². The Bertz CT molecular complexity index is 406. The third-order valence-corrected chi connectivity index (χ3v) is 1.55. The first-order chi connectivity index (χ1) is 6.25. The largest absolute Gasteiger partial charge is 0.263 e. The summed E-state index contributed by atoms with van der Waals surface area (Å²) in [6, 6.07) is 2.87. The molecule has 0 aliphatic heterocycles. The molecule has 0 radical (unpaired) electrons. The monoisotopic (exact) mass is 178 g/mol. The van der Waals surface area contributed by atoms with Gasteiger partial charge in [-0.3, -0.25) is 5.10 Å². The Balaban J connectivity index is 2.41. The van der Waals surface area contributed by atoms with Crippen molar-refractivity contribution in [3.8, 4) is 11.5 Å². The standard InChI is InChI=1S/C8H7FN4/c1-5-11-8(13-12-5)7-3-2-6(9)4-10-7/h2-4H,1H3,(H,11,12,13). The maximum Gasteiger partial charge on any atom is 0.199 e. The Morgan fingerprint density at radius 3 is 2.77 bits per heavy atom. The molecule has 0 aromatic carbocycles. The average molecular weight is 178 g/mol. The lowest BCUT2D eigenvalue weighted by Gasteiger charge is -1.91. The van der Waals surface area contributed by atoms with Gasteiger partial charge < -0.3 is 0 Å². The molecule has 0 bridgehead atoms. The summed E-state index contributed by atoms with van der Waals surface area (Å²) in [4.78, 5) is 7.90. The van der Waals surface area contributed by atoms with Crippen LogP contribution in [-0.2, 0) is 0 Å². The van der Waals surface area contributed by atoms with Gasteiger partial charge in [0.15, 0.2) is 5.82 Å². The molecule has 4 nitrogen and oxygen atoms in total. The van der Waals surface area contributed by atoms with Gasteiger partial charge in [0.25, 0.3) is 0 Å². The number of aromatic amines is 1. The zero-order valence-corrected chi connectivity index (χ0v) is 6.95. The van der Waals surface area contributed by atoms with Gasteiger partial charge in [-0.1, -0.05) is 0 Å². The third-order valence-electron chi connectivity index (χ3n) is 1.55. The van der Waals surface area contributed by atoms with Crippen molar-refractivity contribution in [2.45, 2.75) is 6.92 Å². The minimum absolute atomic E-state index is 0.365. The van der Waals surface area contributed by atoms with Crippen molar-refractivity contribution in [3.05, 3.63) is 30.0 Å². The van der Waals surface area contributed by atoms with Gasteiger partial charge in [-0.15, -0.1) is 0 Å². The Kier molecular flexibility index (Phi) is 1.77. The number of H-pyrrole nitrogens is 1. The number of halogens is 1. The van der Waals surface area contributed by atoms with Gasteiger partial charge in [0.1, 0.15) is 17.3 Å². The Hall–Kier alpha value is -1.78. The van der Waals surface area contributed by atoms with E-state index >= 15 is 0 Å². The van der Waals surface area contributed by atoms with E-state index in [1.54, 1.807) is 6.92 Å². The summed E-state index contributed by atoms with van der Waals surface area (Å²) in [6.45, 7) is 1.79. The molecule has 0 saturated carbocycles. The Morgan fingerprint density at radius 1 is 1.38 bits per heavy atom. The smallest absolute Gasteiger partial charge is 0.199 e. The lowest BCUT2D eigenvalue weighted by Crippen LogP contribution is -1.86. The van der Waals surface area contributed by atoms with Crippen molar-refractivity contribution in [2.75, 3.05) is 0 Å². The number of aryl methyl sites for hydroxylation is 1. The van der Waals surface area contributed by atoms with Gasteiger partial charge in [-0.05, 0) is 19.1 Å². The number of pyridine rings is 1. The first kappa shape index (κ1) is 7.85. The number of nitrogens with one attached hydrogen (secondary N) is 1. The maximum atomic E-state index is 12.5. The quantitative estimate of drug-likeness (QED) is 0.716. The summed E-state index contributed by atoms with van der Waals surface area (Å²) in [5, 5.41) is 6.58. The Morgan fingerprint density at radius 2 is 2.23 bits per heavy atom. The third kappa shape index (κ3) is 1.53. The Labute approximate surface area is 73.9 Å². The van der Waals surface area contributed by atoms with Crippen LogP contribution in [0.25, 0.3) is 11.5 Å². The van der Waals surface area contributed by atoms with E-state index in [0.717, 1.165) is 6.20 Å². The van der Waals surface area contributed by atoms with Gasteiger partial charge in [0, 0.05) is 0 Å². The van der Waals surface area contributed by atoms with Crippen molar-refractivity contribution >= 4 is 0 Å². The minimum atomic E-state index is -0.365. The number of rotatable bonds is 1. The number of aromatic nitrogens is 4. The molecule has 0 saturated heterocycles. The van der Waals surface area contributed by atoms with E-state index in [2.05, 4.69) is 20.2 Å². The zero-order chi connectivity index (χ0) is 9.26. The van der Waals surface area contributed by atoms with Gasteiger partial charge in [0.2, 0.25) is 0 Å². The van der Waals surface area contributed by atoms with E-state index in [1.165, 1.54) is 12.1 Å². The van der Waals surface area contributed by atoms with Crippen LogP contribution in [0.15, 0.2) is 18.3 Å². The first-order valence-corrected chi connectivity index (χ1v) is 3.76. The van der Waals surface area contributed by atoms with Crippen molar-refractivity contribution in [2.24, 2.45) is 0 Å². The highest BCUT2D eigenvalue weighted by atomic mass is 19.1. The molecule has 0 unspecified atom stereocenters. The van der Waals surface area contributed by atoms with Crippen molar-refractivity contribution < 1.29 is 4.39 Å². The van der Waals surface area contributed by atoms with Crippen LogP contribution in [0.4, 0.5) is 4.39 Å². The van der Waals surface area contributed by atoms with Gasteiger partial charge in [-0.25, -0.2) is 14.4 Å². The molecule has 2 aromatic rings. The number of hydrogen-bond donors (Lipinski definition) is 1. The van der Waals surface area contributed by atoms with E-state index < -0.39 is 0 Å². The molecule has 0 atom stereocenters. The second-order valence-corrected chi connectivity index (χ2v) is 2.61. The summed E-state index contributed by atoms with van der Waals surface area (Å²) < 4.78 is 12.5. The van der Waals surface area contributed by atoms with Crippen LogP contribution in [0.2, 0.25) is 0 Å². The summed E-state index contributed by atoms with van der Waals surface area (Å²) in [6.07, 6.45) is 1.14. The highest BCUT2D eigenvalue weighted by molar-refractivity contribution is 5.47. The SMILES string of the molecule is Cc1nc(-c2ccc(F)cn2)n[nH]1. The molecule has 5 heteroatoms. The summed E-state index contributed by atoms with van der Waals surface area (Å²) in [7, 11) is 0. The highest BCUT2D eigenvalue weighted by Crippen LogP contribution is 2.10. The van der Waals surface area contributed by atoms with E-state index in [0.29, 0.717) is 17.3 Å². The molecule has 0 amide bonds. The van der Waals surface area contributed by atoms with Crippen LogP contribution in [0.1, 0.15) is 5.82 Å². The van der Waals surface area contributed by atoms with E-state index in [-0.39, 0.29) is 5.82 Å². The summed E-state index contributed by atoms with van der Waals surface area (Å²) in [5.74, 6) is 0.828. The summed E-state index contributed by atoms with van der Waals surface area (Å²) in [5.41, 5.74) is 0.561. The molecule has 0 fully saturated rings. The van der Waals surface area contributed by atoms with E-state index in [1.807, 2.05) is 0 Å². The fraction of sp³-hybridized carbons (Fsp3) is 0.125. The molecular weight excluding hydrogens is 171 g/mol. The van der Waals surface area contributed by atoms with Crippen LogP contribution in [-0.4, -0.2) is 20.2 Å². The molecule has 13 heavy (non-hydrogen) atoms. The lowest BCUT2D eigenvalue weighted by molar-refractivity contribution is 0.621. The predicted molar refractivity (Wildman–Crippen MR) is 44.3 cm³/mol. The predicted octanol–water partition coefficient (Wildman–Crippen LogP) is 1.31. The lowest BCUT2D eigenvalue weighted by atomic mass is 10.3. The van der Waals surface area contributed by atoms with E-state index in [9.17, 15) is 4.39 Å². The minimum Gasteiger partial charge on any atom is -0.263 e. The molecule has 0 spiro atoms. The molecule has 0 aliphatic rings. The second kappa shape index (κ2) is 2.93. The van der Waals surface area contributed by atoms with Crippen LogP contribution in [0.3, 0.4) is 0 Å². The molecule has 0 aliphatic carbocycles. The highest BCUT2D eigenvalue weighted by Gasteiger charge is 2.04. The topological polar surface area (TPSA) is 54.5 Å². The average Bonchev–Trinajstić information content (AvgIpc) is 2.53. The van der Waals surface area contributed by atoms with Crippen LogP contribution < -0.4 is 0 Å². The van der Waals surface area contributed by atoms with Crippen molar-refractivity contribution in [3.63, 3.8) is 0 Å². The summed E-state index contributed by atoms with van der Waals surface area (Å²) >= 11 is 0. The van der Waals surface area contributed by atoms with Gasteiger partial charge in [0.05, 0.1) is 6.20 Å². The molecule has 1 N–H and O–H groups in total. The maximum absolute atomic E-state index is 12.5. The molecule has 2 aromatic heterocycles. The number of nitrogens with zero attached hydrogens (tertiary/aromatic N) is 3. The van der Waals surface area contributed by atoms with Crippen LogP contribution in [0, 0.1) is 12.7 Å². The van der Waals surface area contributed by atoms with Crippen molar-refractivity contribution in [1.29, 1.82) is 0 Å². The van der Waals surface area contributed by atoms with Gasteiger partial charge >= 0.3 is 0 Å². The van der Waals surface area contributed by atoms with E-state index in [4.69, 9.17) is 0 Å². The van der Waals surface area contributed by atoms with Crippen LogP contribution in [0.5, 0.6) is 0 Å².